The Bertz CT molecular complexity index is 608. The summed E-state index contributed by atoms with van der Waals surface area (Å²) < 4.78 is 0. The summed E-state index contributed by atoms with van der Waals surface area (Å²) in [6, 6.07) is 4.68. The van der Waals surface area contributed by atoms with E-state index in [9.17, 15) is 14.9 Å². The molecule has 1 amide bonds. The Kier molecular flexibility index (Phi) is 5.77. The van der Waals surface area contributed by atoms with Crippen LogP contribution < -0.4 is 16.0 Å². The maximum absolute atomic E-state index is 12.3. The van der Waals surface area contributed by atoms with Crippen LogP contribution in [0.25, 0.3) is 0 Å². The van der Waals surface area contributed by atoms with Gasteiger partial charge in [-0.05, 0) is 37.8 Å². The number of anilines is 1. The number of rotatable bonds is 7. The Morgan fingerprint density at radius 3 is 2.50 bits per heavy atom. The summed E-state index contributed by atoms with van der Waals surface area (Å²) in [7, 11) is 0. The number of nitrogens with two attached hydrogens (primary N) is 1. The van der Waals surface area contributed by atoms with Crippen molar-refractivity contribution in [3.05, 3.63) is 33.9 Å². The van der Waals surface area contributed by atoms with Crippen LogP contribution in [0.15, 0.2) is 18.2 Å². The molecular formula is C17H26N4O3. The minimum absolute atomic E-state index is 0.0189. The molecule has 1 heterocycles. The number of amides is 1. The first-order chi connectivity index (χ1) is 11.4. The summed E-state index contributed by atoms with van der Waals surface area (Å²) in [5, 5.41) is 14.2. The number of nitro groups is 1. The fourth-order valence-electron chi connectivity index (χ4n) is 2.89. The van der Waals surface area contributed by atoms with Crippen molar-refractivity contribution in [1.82, 2.24) is 5.32 Å². The van der Waals surface area contributed by atoms with Crippen LogP contribution in [0.4, 0.5) is 11.4 Å². The molecule has 7 nitrogen and oxygen atoms in total. The highest BCUT2D eigenvalue weighted by atomic mass is 16.6. The number of benzene rings is 1. The number of nitrogens with one attached hydrogen (secondary N) is 1. The zero-order chi connectivity index (χ0) is 17.7. The third-order valence-electron chi connectivity index (χ3n) is 4.89. The summed E-state index contributed by atoms with van der Waals surface area (Å²) in [5.74, 6) is -0.331. The van der Waals surface area contributed by atoms with Crippen molar-refractivity contribution in [3.63, 3.8) is 0 Å². The van der Waals surface area contributed by atoms with E-state index in [1.54, 1.807) is 12.1 Å². The number of hydrogen-bond donors (Lipinski definition) is 2. The van der Waals surface area contributed by atoms with Crippen molar-refractivity contribution in [2.45, 2.75) is 45.1 Å². The highest BCUT2D eigenvalue weighted by Gasteiger charge is 2.25. The normalized spacial score (nSPS) is 14.7. The molecule has 132 valence electrons. The second-order valence-electron chi connectivity index (χ2n) is 6.41. The molecule has 1 fully saturated rings. The lowest BCUT2D eigenvalue weighted by Crippen LogP contribution is -2.49. The van der Waals surface area contributed by atoms with Crippen LogP contribution in [0, 0.1) is 10.1 Å². The lowest BCUT2D eigenvalue weighted by Gasteiger charge is -2.26. The molecule has 1 aromatic carbocycles. The molecule has 1 saturated heterocycles. The Morgan fingerprint density at radius 2 is 1.96 bits per heavy atom. The monoisotopic (exact) mass is 334 g/mol. The predicted molar refractivity (Wildman–Crippen MR) is 94.4 cm³/mol. The van der Waals surface area contributed by atoms with Gasteiger partial charge in [0, 0.05) is 36.8 Å². The molecule has 7 heteroatoms. The quantitative estimate of drug-likeness (QED) is 0.589. The van der Waals surface area contributed by atoms with E-state index < -0.39 is 10.5 Å². The first-order valence-electron chi connectivity index (χ1n) is 8.50. The fourth-order valence-corrected chi connectivity index (χ4v) is 2.89. The van der Waals surface area contributed by atoms with E-state index in [4.69, 9.17) is 5.73 Å². The van der Waals surface area contributed by atoms with Crippen LogP contribution in [-0.2, 0) is 0 Å². The first-order valence-corrected chi connectivity index (χ1v) is 8.50. The lowest BCUT2D eigenvalue weighted by molar-refractivity contribution is -0.384. The van der Waals surface area contributed by atoms with Gasteiger partial charge in [0.25, 0.3) is 11.6 Å². The van der Waals surface area contributed by atoms with Gasteiger partial charge in [-0.25, -0.2) is 0 Å². The van der Waals surface area contributed by atoms with Gasteiger partial charge in [0.05, 0.1) is 4.92 Å². The molecule has 1 aromatic rings. The molecular weight excluding hydrogens is 308 g/mol. The molecule has 0 spiro atoms. The highest BCUT2D eigenvalue weighted by Crippen LogP contribution is 2.31. The molecule has 0 aromatic heterocycles. The standard InChI is InChI=1S/C17H26N4O3/c1-3-17(18,4-2)12-19-16(22)13-7-8-14(15(11-13)21(23)24)20-9-5-6-10-20/h7-8,11H,3-6,9-10,12,18H2,1-2H3,(H,19,22). The van der Waals surface area contributed by atoms with Crippen molar-refractivity contribution in [3.8, 4) is 0 Å². The van der Waals surface area contributed by atoms with E-state index in [1.807, 2.05) is 18.7 Å². The SMILES string of the molecule is CCC(N)(CC)CNC(=O)c1ccc(N2CCCC2)c([N+](=O)[O-])c1. The summed E-state index contributed by atoms with van der Waals surface area (Å²) in [5.41, 5.74) is 6.59. The molecule has 0 aliphatic carbocycles. The molecule has 0 unspecified atom stereocenters. The Labute approximate surface area is 142 Å². The van der Waals surface area contributed by atoms with Gasteiger partial charge in [-0.1, -0.05) is 13.8 Å². The molecule has 0 bridgehead atoms. The third kappa shape index (κ3) is 4.03. The molecule has 1 aliphatic heterocycles. The fraction of sp³-hybridized carbons (Fsp3) is 0.588. The maximum Gasteiger partial charge on any atom is 0.293 e. The van der Waals surface area contributed by atoms with Gasteiger partial charge >= 0.3 is 0 Å². The lowest BCUT2D eigenvalue weighted by atomic mass is 9.94. The number of nitro benzene ring substituents is 1. The van der Waals surface area contributed by atoms with Crippen molar-refractivity contribution in [1.29, 1.82) is 0 Å². The van der Waals surface area contributed by atoms with Gasteiger partial charge in [-0.3, -0.25) is 14.9 Å². The van der Waals surface area contributed by atoms with Gasteiger partial charge in [0.15, 0.2) is 0 Å². The Morgan fingerprint density at radius 1 is 1.33 bits per heavy atom. The zero-order valence-corrected chi connectivity index (χ0v) is 14.4. The van der Waals surface area contributed by atoms with E-state index in [2.05, 4.69) is 5.32 Å². The number of carbonyl (C=O) groups is 1. The van der Waals surface area contributed by atoms with E-state index in [-0.39, 0.29) is 11.6 Å². The summed E-state index contributed by atoms with van der Waals surface area (Å²) in [6.07, 6.45) is 3.56. The average Bonchev–Trinajstić information content (AvgIpc) is 3.13. The highest BCUT2D eigenvalue weighted by molar-refractivity contribution is 5.95. The first kappa shape index (κ1) is 18.2. The van der Waals surface area contributed by atoms with Crippen molar-refractivity contribution >= 4 is 17.3 Å². The minimum Gasteiger partial charge on any atom is -0.366 e. The van der Waals surface area contributed by atoms with E-state index >= 15 is 0 Å². The second-order valence-corrected chi connectivity index (χ2v) is 6.41. The van der Waals surface area contributed by atoms with Gasteiger partial charge < -0.3 is 16.0 Å². The van der Waals surface area contributed by atoms with Crippen LogP contribution in [0.2, 0.25) is 0 Å². The van der Waals surface area contributed by atoms with Gasteiger partial charge in [0.2, 0.25) is 0 Å². The number of hydrogen-bond acceptors (Lipinski definition) is 5. The van der Waals surface area contributed by atoms with Gasteiger partial charge in [-0.15, -0.1) is 0 Å². The van der Waals surface area contributed by atoms with Crippen LogP contribution in [0.5, 0.6) is 0 Å². The van der Waals surface area contributed by atoms with Crippen LogP contribution in [0.3, 0.4) is 0 Å². The second kappa shape index (κ2) is 7.61. The smallest absolute Gasteiger partial charge is 0.293 e. The summed E-state index contributed by atoms with van der Waals surface area (Å²) in [4.78, 5) is 25.3. The molecule has 3 N–H and O–H groups in total. The molecule has 0 radical (unpaired) electrons. The molecule has 1 aliphatic rings. The zero-order valence-electron chi connectivity index (χ0n) is 14.4. The van der Waals surface area contributed by atoms with Crippen LogP contribution >= 0.6 is 0 Å². The van der Waals surface area contributed by atoms with Gasteiger partial charge in [0.1, 0.15) is 5.69 Å². The molecule has 0 saturated carbocycles. The van der Waals surface area contributed by atoms with Crippen molar-refractivity contribution in [2.24, 2.45) is 5.73 Å². The topological polar surface area (TPSA) is 102 Å². The largest absolute Gasteiger partial charge is 0.366 e. The molecule has 0 atom stereocenters. The Balaban J connectivity index is 2.17. The Hall–Kier alpha value is -2.15. The third-order valence-corrected chi connectivity index (χ3v) is 4.89. The number of nitrogens with zero attached hydrogens (tertiary/aromatic N) is 2. The summed E-state index contributed by atoms with van der Waals surface area (Å²) in [6.45, 7) is 5.93. The van der Waals surface area contributed by atoms with Crippen molar-refractivity contribution < 1.29 is 9.72 Å². The van der Waals surface area contributed by atoms with Crippen molar-refractivity contribution in [2.75, 3.05) is 24.5 Å². The minimum atomic E-state index is -0.447. The average molecular weight is 334 g/mol. The van der Waals surface area contributed by atoms with E-state index in [0.717, 1.165) is 38.8 Å². The molecule has 24 heavy (non-hydrogen) atoms. The van der Waals surface area contributed by atoms with E-state index in [1.165, 1.54) is 6.07 Å². The van der Waals surface area contributed by atoms with Crippen LogP contribution in [0.1, 0.15) is 49.9 Å². The van der Waals surface area contributed by atoms with E-state index in [0.29, 0.717) is 17.8 Å². The maximum atomic E-state index is 12.3. The van der Waals surface area contributed by atoms with Crippen LogP contribution in [-0.4, -0.2) is 36.0 Å². The summed E-state index contributed by atoms with van der Waals surface area (Å²) >= 11 is 0. The predicted octanol–water partition coefficient (Wildman–Crippen LogP) is 2.44. The number of carbonyl (C=O) groups excluding carboxylic acids is 1. The van der Waals surface area contributed by atoms with Gasteiger partial charge in [-0.2, -0.15) is 0 Å². The molecule has 2 rings (SSSR count).